The lowest BCUT2D eigenvalue weighted by atomic mass is 10.2. The van der Waals surface area contributed by atoms with Gasteiger partial charge >= 0.3 is 5.97 Å². The van der Waals surface area contributed by atoms with Crippen molar-refractivity contribution >= 4 is 16.9 Å². The molecule has 0 bridgehead atoms. The normalized spacial score (nSPS) is 16.2. The molecule has 3 rings (SSSR count). The maximum atomic E-state index is 11.5. The third kappa shape index (κ3) is 3.22. The maximum Gasteiger partial charge on any atom is 0.337 e. The van der Waals surface area contributed by atoms with Gasteiger partial charge in [-0.15, -0.1) is 0 Å². The maximum absolute atomic E-state index is 11.5. The molecule has 0 spiro atoms. The molecule has 0 N–H and O–H groups in total. The molecule has 1 aliphatic heterocycles. The number of nitrogens with zero attached hydrogens (tertiary/aromatic N) is 3. The van der Waals surface area contributed by atoms with Gasteiger partial charge < -0.3 is 9.47 Å². The number of esters is 1. The number of benzene rings is 1. The van der Waals surface area contributed by atoms with Gasteiger partial charge in [-0.05, 0) is 18.2 Å². The fourth-order valence-corrected chi connectivity index (χ4v) is 2.50. The lowest BCUT2D eigenvalue weighted by Crippen LogP contribution is -2.38. The van der Waals surface area contributed by atoms with Gasteiger partial charge in [-0.1, -0.05) is 0 Å². The van der Waals surface area contributed by atoms with Gasteiger partial charge in [-0.2, -0.15) is 5.10 Å². The number of methoxy groups -OCH3 is 1. The van der Waals surface area contributed by atoms with E-state index in [0.717, 1.165) is 50.3 Å². The highest BCUT2D eigenvalue weighted by Gasteiger charge is 2.11. The summed E-state index contributed by atoms with van der Waals surface area (Å²) in [7, 11) is 1.39. The first-order valence-corrected chi connectivity index (χ1v) is 7.12. The molecule has 6 nitrogen and oxygen atoms in total. The molecule has 2 aromatic rings. The van der Waals surface area contributed by atoms with E-state index in [1.807, 2.05) is 23.0 Å². The fourth-order valence-electron chi connectivity index (χ4n) is 2.50. The number of carbonyl (C=O) groups is 1. The molecule has 0 atom stereocenters. The highest BCUT2D eigenvalue weighted by molar-refractivity contribution is 5.94. The standard InChI is InChI=1S/C15H19N3O3/c1-20-15(19)12-2-3-14-13(10-12)11-18(16-14)5-4-17-6-8-21-9-7-17/h2-3,10-11H,4-9H2,1H3. The van der Waals surface area contributed by atoms with Crippen molar-refractivity contribution < 1.29 is 14.3 Å². The van der Waals surface area contributed by atoms with Crippen molar-refractivity contribution in [3.63, 3.8) is 0 Å². The number of hydrogen-bond acceptors (Lipinski definition) is 5. The zero-order chi connectivity index (χ0) is 14.7. The van der Waals surface area contributed by atoms with Crippen LogP contribution in [0.3, 0.4) is 0 Å². The van der Waals surface area contributed by atoms with Crippen LogP contribution in [0.5, 0.6) is 0 Å². The van der Waals surface area contributed by atoms with Gasteiger partial charge in [-0.25, -0.2) is 4.79 Å². The Hall–Kier alpha value is -1.92. The largest absolute Gasteiger partial charge is 0.465 e. The number of aromatic nitrogens is 2. The zero-order valence-electron chi connectivity index (χ0n) is 12.1. The Morgan fingerprint density at radius 1 is 1.33 bits per heavy atom. The van der Waals surface area contributed by atoms with Crippen molar-refractivity contribution in [3.8, 4) is 0 Å². The Bertz CT molecular complexity index is 632. The molecule has 1 aliphatic rings. The van der Waals surface area contributed by atoms with Crippen LogP contribution in [0.25, 0.3) is 10.9 Å². The lowest BCUT2D eigenvalue weighted by molar-refractivity contribution is 0.0360. The van der Waals surface area contributed by atoms with Crippen molar-refractivity contribution in [1.82, 2.24) is 14.7 Å². The summed E-state index contributed by atoms with van der Waals surface area (Å²) >= 11 is 0. The van der Waals surface area contributed by atoms with Crippen LogP contribution in [-0.2, 0) is 16.0 Å². The number of rotatable bonds is 4. The molecule has 0 aliphatic carbocycles. The molecule has 0 saturated carbocycles. The SMILES string of the molecule is COC(=O)c1ccc2nn(CCN3CCOCC3)cc2c1. The quantitative estimate of drug-likeness (QED) is 0.790. The lowest BCUT2D eigenvalue weighted by Gasteiger charge is -2.26. The predicted molar refractivity (Wildman–Crippen MR) is 78.3 cm³/mol. The summed E-state index contributed by atoms with van der Waals surface area (Å²) in [6.45, 7) is 5.37. The molecule has 1 aromatic carbocycles. The van der Waals surface area contributed by atoms with Crippen LogP contribution in [0.2, 0.25) is 0 Å². The molecular formula is C15H19N3O3. The zero-order valence-corrected chi connectivity index (χ0v) is 12.1. The van der Waals surface area contributed by atoms with Crippen molar-refractivity contribution in [2.45, 2.75) is 6.54 Å². The number of carbonyl (C=O) groups excluding carboxylic acids is 1. The topological polar surface area (TPSA) is 56.6 Å². The van der Waals surface area contributed by atoms with Crippen molar-refractivity contribution in [2.75, 3.05) is 40.0 Å². The van der Waals surface area contributed by atoms with E-state index >= 15 is 0 Å². The van der Waals surface area contributed by atoms with Crippen LogP contribution in [0.15, 0.2) is 24.4 Å². The van der Waals surface area contributed by atoms with E-state index in [1.54, 1.807) is 6.07 Å². The minimum absolute atomic E-state index is 0.321. The summed E-state index contributed by atoms with van der Waals surface area (Å²) in [5, 5.41) is 5.49. The minimum atomic E-state index is -0.321. The second kappa shape index (κ2) is 6.24. The Morgan fingerprint density at radius 2 is 2.14 bits per heavy atom. The minimum Gasteiger partial charge on any atom is -0.465 e. The van der Waals surface area contributed by atoms with Crippen molar-refractivity contribution in [3.05, 3.63) is 30.0 Å². The van der Waals surface area contributed by atoms with Gasteiger partial charge in [0.2, 0.25) is 0 Å². The second-order valence-corrected chi connectivity index (χ2v) is 5.11. The van der Waals surface area contributed by atoms with E-state index in [1.165, 1.54) is 7.11 Å². The van der Waals surface area contributed by atoms with E-state index in [0.29, 0.717) is 5.56 Å². The first-order chi connectivity index (χ1) is 10.3. The van der Waals surface area contributed by atoms with Crippen LogP contribution in [-0.4, -0.2) is 60.6 Å². The van der Waals surface area contributed by atoms with Crippen molar-refractivity contribution in [2.24, 2.45) is 0 Å². The Morgan fingerprint density at radius 3 is 2.90 bits per heavy atom. The Kier molecular flexibility index (Phi) is 4.17. The number of ether oxygens (including phenoxy) is 2. The molecule has 21 heavy (non-hydrogen) atoms. The molecule has 0 amide bonds. The summed E-state index contributed by atoms with van der Waals surface area (Å²) in [5.41, 5.74) is 1.45. The van der Waals surface area contributed by atoms with Crippen LogP contribution in [0.1, 0.15) is 10.4 Å². The van der Waals surface area contributed by atoms with E-state index in [-0.39, 0.29) is 5.97 Å². The second-order valence-electron chi connectivity index (χ2n) is 5.11. The van der Waals surface area contributed by atoms with Crippen LogP contribution >= 0.6 is 0 Å². The molecule has 1 fully saturated rings. The average Bonchev–Trinajstić information content (AvgIpc) is 2.95. The summed E-state index contributed by atoms with van der Waals surface area (Å²) in [6.07, 6.45) is 1.97. The summed E-state index contributed by atoms with van der Waals surface area (Å²) in [6, 6.07) is 5.42. The highest BCUT2D eigenvalue weighted by Crippen LogP contribution is 2.15. The summed E-state index contributed by atoms with van der Waals surface area (Å²) < 4.78 is 12.0. The molecule has 1 saturated heterocycles. The van der Waals surface area contributed by atoms with Crippen LogP contribution in [0.4, 0.5) is 0 Å². The van der Waals surface area contributed by atoms with E-state index in [2.05, 4.69) is 10.00 Å². The third-order valence-corrected chi connectivity index (χ3v) is 3.72. The Balaban J connectivity index is 1.70. The van der Waals surface area contributed by atoms with Gasteiger partial charge in [-0.3, -0.25) is 9.58 Å². The molecule has 1 aromatic heterocycles. The average molecular weight is 289 g/mol. The van der Waals surface area contributed by atoms with Crippen molar-refractivity contribution in [1.29, 1.82) is 0 Å². The van der Waals surface area contributed by atoms with Gasteiger partial charge in [0.15, 0.2) is 0 Å². The number of morpholine rings is 1. The van der Waals surface area contributed by atoms with Crippen LogP contribution in [0, 0.1) is 0 Å². The van der Waals surface area contributed by atoms with E-state index in [4.69, 9.17) is 9.47 Å². The smallest absolute Gasteiger partial charge is 0.337 e. The molecular weight excluding hydrogens is 270 g/mol. The molecule has 0 unspecified atom stereocenters. The Labute approximate surface area is 123 Å². The van der Waals surface area contributed by atoms with Gasteiger partial charge in [0.25, 0.3) is 0 Å². The number of hydrogen-bond donors (Lipinski definition) is 0. The van der Waals surface area contributed by atoms with E-state index in [9.17, 15) is 4.79 Å². The summed E-state index contributed by atoms with van der Waals surface area (Å²) in [5.74, 6) is -0.321. The molecule has 112 valence electrons. The van der Waals surface area contributed by atoms with Crippen LogP contribution < -0.4 is 0 Å². The molecule has 0 radical (unpaired) electrons. The van der Waals surface area contributed by atoms with Gasteiger partial charge in [0.05, 0.1) is 37.9 Å². The fraction of sp³-hybridized carbons (Fsp3) is 0.467. The first-order valence-electron chi connectivity index (χ1n) is 7.12. The molecule has 6 heteroatoms. The van der Waals surface area contributed by atoms with Gasteiger partial charge in [0, 0.05) is 31.2 Å². The third-order valence-electron chi connectivity index (χ3n) is 3.72. The predicted octanol–water partition coefficient (Wildman–Crippen LogP) is 1.16. The monoisotopic (exact) mass is 289 g/mol. The molecule has 2 heterocycles. The number of fused-ring (bicyclic) bond motifs is 1. The highest BCUT2D eigenvalue weighted by atomic mass is 16.5. The first kappa shape index (κ1) is 14.0. The van der Waals surface area contributed by atoms with Gasteiger partial charge in [0.1, 0.15) is 0 Å². The summed E-state index contributed by atoms with van der Waals surface area (Å²) in [4.78, 5) is 13.9. The van der Waals surface area contributed by atoms with E-state index < -0.39 is 0 Å².